The Hall–Kier alpha value is -2.08. The van der Waals surface area contributed by atoms with Gasteiger partial charge in [-0.1, -0.05) is 6.07 Å². The number of amides is 2. The first-order valence-electron chi connectivity index (χ1n) is 9.10. The molecule has 1 aromatic carbocycles. The fourth-order valence-corrected chi connectivity index (χ4v) is 2.80. The van der Waals surface area contributed by atoms with Crippen molar-refractivity contribution < 1.29 is 19.1 Å². The molecule has 0 bridgehead atoms. The van der Waals surface area contributed by atoms with E-state index >= 15 is 0 Å². The molecule has 0 radical (unpaired) electrons. The smallest absolute Gasteiger partial charge is 0.257 e. The lowest BCUT2D eigenvalue weighted by atomic mass is 10.3. The Bertz CT molecular complexity index is 601. The van der Waals surface area contributed by atoms with Crippen molar-refractivity contribution in [3.8, 4) is 5.75 Å². The number of ether oxygens (including phenoxy) is 2. The third-order valence-electron chi connectivity index (χ3n) is 4.41. The van der Waals surface area contributed by atoms with Crippen molar-refractivity contribution in [2.45, 2.75) is 32.1 Å². The minimum atomic E-state index is -0.148. The highest BCUT2D eigenvalue weighted by molar-refractivity contribution is 5.95. The van der Waals surface area contributed by atoms with E-state index in [2.05, 4.69) is 5.32 Å². The van der Waals surface area contributed by atoms with Gasteiger partial charge in [0.1, 0.15) is 5.75 Å². The van der Waals surface area contributed by atoms with E-state index < -0.39 is 0 Å². The number of carbonyl (C=O) groups is 2. The van der Waals surface area contributed by atoms with Gasteiger partial charge in [-0.2, -0.15) is 0 Å². The van der Waals surface area contributed by atoms with Crippen molar-refractivity contribution >= 4 is 17.5 Å². The topological polar surface area (TPSA) is 67.9 Å². The van der Waals surface area contributed by atoms with Crippen LogP contribution in [0.5, 0.6) is 5.75 Å². The second-order valence-electron chi connectivity index (χ2n) is 6.66. The molecular weight excluding hydrogens is 320 g/mol. The SMILES string of the molecule is O=C(COc1cccc(N2CCCC2=O)c1)NCCCOCC1CC1. The van der Waals surface area contributed by atoms with Gasteiger partial charge >= 0.3 is 0 Å². The Morgan fingerprint density at radius 3 is 2.96 bits per heavy atom. The van der Waals surface area contributed by atoms with Crippen LogP contribution < -0.4 is 15.0 Å². The fraction of sp³-hybridized carbons (Fsp3) is 0.579. The quantitative estimate of drug-likeness (QED) is 0.659. The second kappa shape index (κ2) is 8.85. The van der Waals surface area contributed by atoms with Crippen LogP contribution in [0.3, 0.4) is 0 Å². The molecule has 6 heteroatoms. The van der Waals surface area contributed by atoms with Gasteiger partial charge in [-0.25, -0.2) is 0 Å². The van der Waals surface area contributed by atoms with Crippen LogP contribution in [0.25, 0.3) is 0 Å². The standard InChI is InChI=1S/C19H26N2O4/c22-18(20-9-3-11-24-13-15-7-8-15)14-25-17-5-1-4-16(12-17)21-10-2-6-19(21)23/h1,4-5,12,15H,2-3,6-11,13-14H2,(H,20,22). The lowest BCUT2D eigenvalue weighted by Gasteiger charge is -2.16. The molecule has 2 fully saturated rings. The summed E-state index contributed by atoms with van der Waals surface area (Å²) in [5.74, 6) is 1.36. The maximum Gasteiger partial charge on any atom is 0.257 e. The molecule has 25 heavy (non-hydrogen) atoms. The minimum absolute atomic E-state index is 0.0274. The second-order valence-corrected chi connectivity index (χ2v) is 6.66. The van der Waals surface area contributed by atoms with Crippen LogP contribution in [0.2, 0.25) is 0 Å². The molecule has 1 saturated heterocycles. The molecule has 1 aromatic rings. The molecule has 0 spiro atoms. The number of nitrogens with one attached hydrogen (secondary N) is 1. The van der Waals surface area contributed by atoms with Crippen LogP contribution in [0.1, 0.15) is 32.1 Å². The molecule has 1 saturated carbocycles. The Morgan fingerprint density at radius 1 is 1.32 bits per heavy atom. The molecule has 1 N–H and O–H groups in total. The summed E-state index contributed by atoms with van der Waals surface area (Å²) in [5.41, 5.74) is 0.827. The van der Waals surface area contributed by atoms with Crippen molar-refractivity contribution in [2.24, 2.45) is 5.92 Å². The van der Waals surface area contributed by atoms with Crippen molar-refractivity contribution in [2.75, 3.05) is 37.8 Å². The van der Waals surface area contributed by atoms with Gasteiger partial charge in [-0.05, 0) is 43.7 Å². The van der Waals surface area contributed by atoms with Crippen molar-refractivity contribution in [3.63, 3.8) is 0 Å². The zero-order chi connectivity index (χ0) is 17.5. The fourth-order valence-electron chi connectivity index (χ4n) is 2.80. The summed E-state index contributed by atoms with van der Waals surface area (Å²) in [7, 11) is 0. The number of rotatable bonds is 10. The Labute approximate surface area is 148 Å². The van der Waals surface area contributed by atoms with Gasteiger partial charge in [0.05, 0.1) is 0 Å². The summed E-state index contributed by atoms with van der Waals surface area (Å²) in [4.78, 5) is 25.4. The predicted molar refractivity (Wildman–Crippen MR) is 94.7 cm³/mol. The van der Waals surface area contributed by atoms with E-state index in [9.17, 15) is 9.59 Å². The van der Waals surface area contributed by atoms with Crippen LogP contribution >= 0.6 is 0 Å². The molecule has 0 atom stereocenters. The van der Waals surface area contributed by atoms with Gasteiger partial charge in [0.25, 0.3) is 5.91 Å². The van der Waals surface area contributed by atoms with Gasteiger partial charge in [-0.3, -0.25) is 9.59 Å². The van der Waals surface area contributed by atoms with Crippen LogP contribution in [0.4, 0.5) is 5.69 Å². The molecule has 3 rings (SSSR count). The van der Waals surface area contributed by atoms with E-state index in [0.717, 1.165) is 37.6 Å². The first-order valence-corrected chi connectivity index (χ1v) is 9.10. The number of nitrogens with zero attached hydrogens (tertiary/aromatic N) is 1. The summed E-state index contributed by atoms with van der Waals surface area (Å²) in [6, 6.07) is 7.33. The number of anilines is 1. The van der Waals surface area contributed by atoms with E-state index in [1.807, 2.05) is 18.2 Å². The summed E-state index contributed by atoms with van der Waals surface area (Å²) in [6.45, 7) is 2.84. The maximum atomic E-state index is 11.8. The van der Waals surface area contributed by atoms with Crippen LogP contribution in [-0.2, 0) is 14.3 Å². The van der Waals surface area contributed by atoms with Crippen LogP contribution in [-0.4, -0.2) is 44.7 Å². The van der Waals surface area contributed by atoms with Gasteiger partial charge in [0, 0.05) is 44.5 Å². The molecular formula is C19H26N2O4. The molecule has 1 aliphatic heterocycles. The Balaban J connectivity index is 1.33. The lowest BCUT2D eigenvalue weighted by Crippen LogP contribution is -2.30. The van der Waals surface area contributed by atoms with Gasteiger partial charge < -0.3 is 19.7 Å². The summed E-state index contributed by atoms with van der Waals surface area (Å²) >= 11 is 0. The molecule has 2 amide bonds. The summed E-state index contributed by atoms with van der Waals surface area (Å²) in [5, 5.41) is 2.82. The van der Waals surface area contributed by atoms with Gasteiger partial charge in [-0.15, -0.1) is 0 Å². The van der Waals surface area contributed by atoms with Crippen molar-refractivity contribution in [1.29, 1.82) is 0 Å². The van der Waals surface area contributed by atoms with E-state index in [1.54, 1.807) is 11.0 Å². The van der Waals surface area contributed by atoms with E-state index in [0.29, 0.717) is 25.3 Å². The predicted octanol–water partition coefficient (Wildman–Crippen LogP) is 2.13. The van der Waals surface area contributed by atoms with Crippen molar-refractivity contribution in [3.05, 3.63) is 24.3 Å². The number of hydrogen-bond acceptors (Lipinski definition) is 4. The minimum Gasteiger partial charge on any atom is -0.484 e. The highest BCUT2D eigenvalue weighted by Gasteiger charge is 2.22. The van der Waals surface area contributed by atoms with Gasteiger partial charge in [0.2, 0.25) is 5.91 Å². The lowest BCUT2D eigenvalue weighted by molar-refractivity contribution is -0.123. The average Bonchev–Trinajstić information content (AvgIpc) is 3.35. The normalized spacial score (nSPS) is 17.0. The Morgan fingerprint density at radius 2 is 2.20 bits per heavy atom. The molecule has 1 heterocycles. The highest BCUT2D eigenvalue weighted by atomic mass is 16.5. The van der Waals surface area contributed by atoms with Crippen LogP contribution in [0, 0.1) is 5.92 Å². The first-order chi connectivity index (χ1) is 12.2. The maximum absolute atomic E-state index is 11.8. The molecule has 2 aliphatic rings. The van der Waals surface area contributed by atoms with E-state index in [1.165, 1.54) is 12.8 Å². The largest absolute Gasteiger partial charge is 0.484 e. The molecule has 1 aliphatic carbocycles. The summed E-state index contributed by atoms with van der Waals surface area (Å²) in [6.07, 6.45) is 4.88. The zero-order valence-electron chi connectivity index (χ0n) is 14.5. The molecule has 6 nitrogen and oxygen atoms in total. The number of hydrogen-bond donors (Lipinski definition) is 1. The van der Waals surface area contributed by atoms with Crippen molar-refractivity contribution in [1.82, 2.24) is 5.32 Å². The molecule has 0 unspecified atom stereocenters. The third-order valence-corrected chi connectivity index (χ3v) is 4.41. The molecule has 136 valence electrons. The third kappa shape index (κ3) is 5.74. The molecule has 0 aromatic heterocycles. The number of carbonyl (C=O) groups excluding carboxylic acids is 2. The summed E-state index contributed by atoms with van der Waals surface area (Å²) < 4.78 is 11.1. The first kappa shape index (κ1) is 17.7. The van der Waals surface area contributed by atoms with E-state index in [4.69, 9.17) is 9.47 Å². The zero-order valence-corrected chi connectivity index (χ0v) is 14.5. The Kier molecular flexibility index (Phi) is 6.28. The van der Waals surface area contributed by atoms with Gasteiger partial charge in [0.15, 0.2) is 6.61 Å². The number of benzene rings is 1. The highest BCUT2D eigenvalue weighted by Crippen LogP contribution is 2.28. The van der Waals surface area contributed by atoms with E-state index in [-0.39, 0.29) is 18.4 Å². The average molecular weight is 346 g/mol. The van der Waals surface area contributed by atoms with Crippen LogP contribution in [0.15, 0.2) is 24.3 Å². The monoisotopic (exact) mass is 346 g/mol.